The number of rotatable bonds is 4. The lowest BCUT2D eigenvalue weighted by Crippen LogP contribution is -2.20. The summed E-state index contributed by atoms with van der Waals surface area (Å²) in [6.07, 6.45) is 0. The van der Waals surface area contributed by atoms with E-state index in [-0.39, 0.29) is 11.5 Å². The summed E-state index contributed by atoms with van der Waals surface area (Å²) in [7, 11) is 0. The Balaban J connectivity index is 2.14. The Morgan fingerprint density at radius 3 is 3.00 bits per heavy atom. The molecule has 1 aromatic carbocycles. The first kappa shape index (κ1) is 12.5. The number of carboxylic acid groups (broad SMARTS) is 1. The van der Waals surface area contributed by atoms with Crippen molar-refractivity contribution in [2.75, 3.05) is 5.32 Å². The predicted octanol–water partition coefficient (Wildman–Crippen LogP) is 2.11. The molecular formula is C11H10FN3O2S. The number of halogens is 1. The average Bonchev–Trinajstić information content (AvgIpc) is 2.76. The lowest BCUT2D eigenvalue weighted by Gasteiger charge is -2.03. The van der Waals surface area contributed by atoms with Gasteiger partial charge in [0.15, 0.2) is 5.13 Å². The number of nitrogens with zero attached hydrogens (tertiary/aromatic N) is 1. The third-order valence-corrected chi connectivity index (χ3v) is 2.96. The largest absolute Gasteiger partial charge is 0.480 e. The fraction of sp³-hybridized carbons (Fsp3) is 0.0909. The number of nitrogens with two attached hydrogens (primary N) is 1. The molecule has 0 saturated heterocycles. The third-order valence-electron chi connectivity index (χ3n) is 2.18. The van der Waals surface area contributed by atoms with E-state index in [0.29, 0.717) is 10.8 Å². The van der Waals surface area contributed by atoms with Gasteiger partial charge < -0.3 is 16.2 Å². The molecule has 18 heavy (non-hydrogen) atoms. The molecule has 2 aromatic rings. The van der Waals surface area contributed by atoms with Crippen LogP contribution in [0.5, 0.6) is 0 Å². The summed E-state index contributed by atoms with van der Waals surface area (Å²) in [6, 6.07) is 4.75. The number of aliphatic carboxylic acids is 1. The quantitative estimate of drug-likeness (QED) is 0.789. The van der Waals surface area contributed by atoms with Crippen LogP contribution < -0.4 is 11.1 Å². The molecule has 0 saturated carbocycles. The Kier molecular flexibility index (Phi) is 3.54. The van der Waals surface area contributed by atoms with Crippen LogP contribution in [-0.4, -0.2) is 16.1 Å². The summed E-state index contributed by atoms with van der Waals surface area (Å²) in [5.74, 6) is -1.50. The molecule has 2 rings (SSSR count). The zero-order chi connectivity index (χ0) is 13.1. The summed E-state index contributed by atoms with van der Waals surface area (Å²) in [5, 5.41) is 13.6. The van der Waals surface area contributed by atoms with Gasteiger partial charge in [-0.25, -0.2) is 9.37 Å². The van der Waals surface area contributed by atoms with Gasteiger partial charge in [0.1, 0.15) is 11.9 Å². The molecule has 0 amide bonds. The van der Waals surface area contributed by atoms with Crippen molar-refractivity contribution in [1.29, 1.82) is 0 Å². The number of anilines is 2. The van der Waals surface area contributed by atoms with Gasteiger partial charge in [0.25, 0.3) is 0 Å². The number of carbonyl (C=O) groups is 1. The summed E-state index contributed by atoms with van der Waals surface area (Å²) < 4.78 is 13.0. The molecule has 1 heterocycles. The number of hydrogen-bond acceptors (Lipinski definition) is 5. The van der Waals surface area contributed by atoms with Crippen LogP contribution in [0.2, 0.25) is 0 Å². The predicted molar refractivity (Wildman–Crippen MR) is 66.4 cm³/mol. The molecule has 4 N–H and O–H groups in total. The van der Waals surface area contributed by atoms with Crippen LogP contribution in [0.25, 0.3) is 0 Å². The molecule has 0 radical (unpaired) electrons. The molecule has 7 heteroatoms. The second kappa shape index (κ2) is 5.11. The van der Waals surface area contributed by atoms with Crippen LogP contribution in [-0.2, 0) is 4.79 Å². The summed E-state index contributed by atoms with van der Waals surface area (Å²) in [4.78, 5) is 14.7. The van der Waals surface area contributed by atoms with E-state index in [2.05, 4.69) is 10.3 Å². The van der Waals surface area contributed by atoms with E-state index in [4.69, 9.17) is 10.8 Å². The van der Waals surface area contributed by atoms with E-state index >= 15 is 0 Å². The van der Waals surface area contributed by atoms with Crippen molar-refractivity contribution in [3.63, 3.8) is 0 Å². The molecular weight excluding hydrogens is 257 g/mol. The summed E-state index contributed by atoms with van der Waals surface area (Å²) in [6.45, 7) is 0. The molecule has 0 aliphatic carbocycles. The van der Waals surface area contributed by atoms with Crippen molar-refractivity contribution in [3.05, 3.63) is 41.2 Å². The molecule has 0 fully saturated rings. The highest BCUT2D eigenvalue weighted by Gasteiger charge is 2.17. The first-order valence-electron chi connectivity index (χ1n) is 5.02. The number of nitrogens with one attached hydrogen (secondary N) is 1. The number of aromatic nitrogens is 1. The molecule has 1 aromatic heterocycles. The fourth-order valence-electron chi connectivity index (χ4n) is 1.30. The lowest BCUT2D eigenvalue weighted by atomic mass is 10.2. The van der Waals surface area contributed by atoms with Crippen LogP contribution >= 0.6 is 11.3 Å². The van der Waals surface area contributed by atoms with Crippen LogP contribution in [0.3, 0.4) is 0 Å². The van der Waals surface area contributed by atoms with Crippen LogP contribution in [0.15, 0.2) is 29.6 Å². The Labute approximate surface area is 106 Å². The maximum absolute atomic E-state index is 13.0. The number of benzene rings is 1. The van der Waals surface area contributed by atoms with Crippen molar-refractivity contribution in [2.45, 2.75) is 6.04 Å². The standard InChI is InChI=1S/C11H10FN3O2S/c12-6-2-1-3-7(4-6)14-11-15-8(5-18-11)9(13)10(16)17/h1-5,9H,13H2,(H,14,15)(H,16,17). The highest BCUT2D eigenvalue weighted by Crippen LogP contribution is 2.23. The van der Waals surface area contributed by atoms with E-state index in [1.54, 1.807) is 17.5 Å². The molecule has 0 aliphatic rings. The Morgan fingerprint density at radius 1 is 1.56 bits per heavy atom. The van der Waals surface area contributed by atoms with E-state index in [0.717, 1.165) is 0 Å². The van der Waals surface area contributed by atoms with Crippen molar-refractivity contribution < 1.29 is 14.3 Å². The van der Waals surface area contributed by atoms with Crippen molar-refractivity contribution in [3.8, 4) is 0 Å². The zero-order valence-corrected chi connectivity index (χ0v) is 9.95. The number of hydrogen-bond donors (Lipinski definition) is 3. The Hall–Kier alpha value is -1.99. The van der Waals surface area contributed by atoms with Gasteiger partial charge in [-0.15, -0.1) is 11.3 Å². The Morgan fingerprint density at radius 2 is 2.33 bits per heavy atom. The zero-order valence-electron chi connectivity index (χ0n) is 9.13. The van der Waals surface area contributed by atoms with Gasteiger partial charge in [-0.3, -0.25) is 4.79 Å². The number of carboxylic acids is 1. The maximum Gasteiger partial charge on any atom is 0.326 e. The second-order valence-electron chi connectivity index (χ2n) is 3.53. The van der Waals surface area contributed by atoms with Crippen LogP contribution in [0.4, 0.5) is 15.2 Å². The smallest absolute Gasteiger partial charge is 0.326 e. The molecule has 0 spiro atoms. The minimum atomic E-state index is -1.15. The molecule has 5 nitrogen and oxygen atoms in total. The SMILES string of the molecule is NC(C(=O)O)c1csc(Nc2cccc(F)c2)n1. The monoisotopic (exact) mass is 267 g/mol. The average molecular weight is 267 g/mol. The lowest BCUT2D eigenvalue weighted by molar-refractivity contribution is -0.138. The first-order chi connectivity index (χ1) is 8.56. The van der Waals surface area contributed by atoms with E-state index in [1.165, 1.54) is 23.5 Å². The van der Waals surface area contributed by atoms with E-state index in [9.17, 15) is 9.18 Å². The highest BCUT2D eigenvalue weighted by atomic mass is 32.1. The topological polar surface area (TPSA) is 88.2 Å². The number of thiazole rings is 1. The first-order valence-corrected chi connectivity index (χ1v) is 5.90. The van der Waals surface area contributed by atoms with Crippen molar-refractivity contribution >= 4 is 28.1 Å². The summed E-state index contributed by atoms with van der Waals surface area (Å²) >= 11 is 1.21. The minimum absolute atomic E-state index is 0.270. The van der Waals surface area contributed by atoms with Gasteiger partial charge in [-0.05, 0) is 18.2 Å². The Bertz CT molecular complexity index is 573. The van der Waals surface area contributed by atoms with Crippen molar-refractivity contribution in [2.24, 2.45) is 5.73 Å². The molecule has 0 aliphatic heterocycles. The minimum Gasteiger partial charge on any atom is -0.480 e. The molecule has 1 atom stereocenters. The van der Waals surface area contributed by atoms with E-state index in [1.807, 2.05) is 0 Å². The third kappa shape index (κ3) is 2.82. The summed E-state index contributed by atoms with van der Waals surface area (Å²) in [5.41, 5.74) is 6.24. The van der Waals surface area contributed by atoms with Crippen LogP contribution in [0, 0.1) is 5.82 Å². The fourth-order valence-corrected chi connectivity index (χ4v) is 2.07. The molecule has 0 bridgehead atoms. The van der Waals surface area contributed by atoms with E-state index < -0.39 is 12.0 Å². The van der Waals surface area contributed by atoms with Gasteiger partial charge >= 0.3 is 5.97 Å². The molecule has 94 valence electrons. The second-order valence-corrected chi connectivity index (χ2v) is 4.39. The van der Waals surface area contributed by atoms with Gasteiger partial charge in [-0.1, -0.05) is 6.07 Å². The normalized spacial score (nSPS) is 12.1. The molecule has 1 unspecified atom stereocenters. The maximum atomic E-state index is 13.0. The van der Waals surface area contributed by atoms with Crippen molar-refractivity contribution in [1.82, 2.24) is 4.98 Å². The van der Waals surface area contributed by atoms with Gasteiger partial charge in [0, 0.05) is 11.1 Å². The van der Waals surface area contributed by atoms with Gasteiger partial charge in [-0.2, -0.15) is 0 Å². The van der Waals surface area contributed by atoms with Gasteiger partial charge in [0.05, 0.1) is 5.69 Å². The van der Waals surface area contributed by atoms with Crippen LogP contribution in [0.1, 0.15) is 11.7 Å². The highest BCUT2D eigenvalue weighted by molar-refractivity contribution is 7.13. The van der Waals surface area contributed by atoms with Gasteiger partial charge in [0.2, 0.25) is 0 Å².